The molecule has 0 spiro atoms. The van der Waals surface area contributed by atoms with Crippen LogP contribution in [0.1, 0.15) is 36.2 Å². The van der Waals surface area contributed by atoms with Gasteiger partial charge in [0.15, 0.2) is 0 Å². The molecular formula is C14H20N2O5. The van der Waals surface area contributed by atoms with Crippen molar-refractivity contribution in [3.8, 4) is 0 Å². The van der Waals surface area contributed by atoms with Crippen LogP contribution in [0.4, 0.5) is 0 Å². The SMILES string of the molecule is CC(NC(C)c1ccc(C(=O)O)o1)C(=O)N1CCOCC1. The van der Waals surface area contributed by atoms with Crippen LogP contribution in [0.3, 0.4) is 0 Å². The quantitative estimate of drug-likeness (QED) is 0.838. The van der Waals surface area contributed by atoms with Crippen LogP contribution >= 0.6 is 0 Å². The summed E-state index contributed by atoms with van der Waals surface area (Å²) in [6, 6.07) is 2.38. The van der Waals surface area contributed by atoms with Crippen molar-refractivity contribution in [2.45, 2.75) is 25.9 Å². The number of furan rings is 1. The molecule has 2 heterocycles. The van der Waals surface area contributed by atoms with E-state index in [9.17, 15) is 9.59 Å². The van der Waals surface area contributed by atoms with Crippen molar-refractivity contribution in [3.05, 3.63) is 23.7 Å². The van der Waals surface area contributed by atoms with Crippen molar-refractivity contribution in [2.24, 2.45) is 0 Å². The predicted octanol–water partition coefficient (Wildman–Crippen LogP) is 0.876. The predicted molar refractivity (Wildman–Crippen MR) is 74.1 cm³/mol. The van der Waals surface area contributed by atoms with Crippen molar-refractivity contribution >= 4 is 11.9 Å². The Hall–Kier alpha value is -1.86. The third-order valence-corrected chi connectivity index (χ3v) is 3.46. The zero-order valence-electron chi connectivity index (χ0n) is 12.2. The smallest absolute Gasteiger partial charge is 0.371 e. The largest absolute Gasteiger partial charge is 0.475 e. The maximum Gasteiger partial charge on any atom is 0.371 e. The Morgan fingerprint density at radius 2 is 1.95 bits per heavy atom. The summed E-state index contributed by atoms with van der Waals surface area (Å²) in [4.78, 5) is 24.8. The van der Waals surface area contributed by atoms with E-state index in [1.54, 1.807) is 17.9 Å². The number of hydrogen-bond donors (Lipinski definition) is 2. The average molecular weight is 296 g/mol. The van der Waals surface area contributed by atoms with Crippen molar-refractivity contribution < 1.29 is 23.8 Å². The molecule has 1 aromatic rings. The second-order valence-electron chi connectivity index (χ2n) is 5.05. The number of carbonyl (C=O) groups excluding carboxylic acids is 1. The van der Waals surface area contributed by atoms with Gasteiger partial charge in [0.2, 0.25) is 11.7 Å². The first-order valence-electron chi connectivity index (χ1n) is 6.94. The maximum absolute atomic E-state index is 12.3. The molecule has 0 aromatic carbocycles. The molecule has 2 N–H and O–H groups in total. The highest BCUT2D eigenvalue weighted by molar-refractivity contribution is 5.84. The lowest BCUT2D eigenvalue weighted by atomic mass is 10.2. The lowest BCUT2D eigenvalue weighted by Crippen LogP contribution is -2.49. The number of carbonyl (C=O) groups is 2. The number of rotatable bonds is 5. The summed E-state index contributed by atoms with van der Waals surface area (Å²) < 4.78 is 10.4. The minimum Gasteiger partial charge on any atom is -0.475 e. The van der Waals surface area contributed by atoms with Crippen molar-refractivity contribution in [1.29, 1.82) is 0 Å². The number of morpholine rings is 1. The van der Waals surface area contributed by atoms with Crippen molar-refractivity contribution in [3.63, 3.8) is 0 Å². The molecule has 116 valence electrons. The zero-order valence-corrected chi connectivity index (χ0v) is 12.2. The van der Waals surface area contributed by atoms with Gasteiger partial charge in [0, 0.05) is 13.1 Å². The van der Waals surface area contributed by atoms with Gasteiger partial charge in [-0.25, -0.2) is 4.79 Å². The molecule has 1 aliphatic heterocycles. The normalized spacial score (nSPS) is 18.3. The van der Waals surface area contributed by atoms with Gasteiger partial charge in [-0.15, -0.1) is 0 Å². The Bertz CT molecular complexity index is 507. The molecular weight excluding hydrogens is 276 g/mol. The minimum atomic E-state index is -1.11. The fourth-order valence-corrected chi connectivity index (χ4v) is 2.29. The van der Waals surface area contributed by atoms with Crippen LogP contribution in [0, 0.1) is 0 Å². The highest BCUT2D eigenvalue weighted by Gasteiger charge is 2.24. The number of amides is 1. The number of nitrogens with zero attached hydrogens (tertiary/aromatic N) is 1. The Morgan fingerprint density at radius 3 is 2.52 bits per heavy atom. The molecule has 1 fully saturated rings. The highest BCUT2D eigenvalue weighted by atomic mass is 16.5. The molecule has 7 nitrogen and oxygen atoms in total. The third-order valence-electron chi connectivity index (χ3n) is 3.46. The van der Waals surface area contributed by atoms with Crippen molar-refractivity contribution in [2.75, 3.05) is 26.3 Å². The molecule has 2 unspecified atom stereocenters. The second-order valence-corrected chi connectivity index (χ2v) is 5.05. The van der Waals surface area contributed by atoms with Gasteiger partial charge in [-0.3, -0.25) is 10.1 Å². The van der Waals surface area contributed by atoms with E-state index in [4.69, 9.17) is 14.3 Å². The van der Waals surface area contributed by atoms with Gasteiger partial charge in [-0.1, -0.05) is 0 Å². The average Bonchev–Trinajstić information content (AvgIpc) is 2.97. The molecule has 2 rings (SSSR count). The van der Waals surface area contributed by atoms with Crippen LogP contribution in [0.5, 0.6) is 0 Å². The standard InChI is InChI=1S/C14H20N2O5/c1-9(11-3-4-12(21-11)14(18)19)15-10(2)13(17)16-5-7-20-8-6-16/h3-4,9-10,15H,5-8H2,1-2H3,(H,18,19). The van der Waals surface area contributed by atoms with E-state index in [-0.39, 0.29) is 23.8 Å². The van der Waals surface area contributed by atoms with Crippen LogP contribution < -0.4 is 5.32 Å². The van der Waals surface area contributed by atoms with Crippen molar-refractivity contribution in [1.82, 2.24) is 10.2 Å². The first kappa shape index (κ1) is 15.5. The summed E-state index contributed by atoms with van der Waals surface area (Å²) in [5.74, 6) is -0.708. The number of aromatic carboxylic acids is 1. The molecule has 1 saturated heterocycles. The molecule has 1 amide bonds. The molecule has 7 heteroatoms. The van der Waals surface area contributed by atoms with Gasteiger partial charge >= 0.3 is 5.97 Å². The molecule has 1 aromatic heterocycles. The fourth-order valence-electron chi connectivity index (χ4n) is 2.29. The fraction of sp³-hybridized carbons (Fsp3) is 0.571. The van der Waals surface area contributed by atoms with E-state index in [2.05, 4.69) is 5.32 Å². The van der Waals surface area contributed by atoms with Gasteiger partial charge in [0.05, 0.1) is 25.3 Å². The van der Waals surface area contributed by atoms with E-state index >= 15 is 0 Å². The Balaban J connectivity index is 1.92. The van der Waals surface area contributed by atoms with E-state index in [1.807, 2.05) is 6.92 Å². The summed E-state index contributed by atoms with van der Waals surface area (Å²) in [5, 5.41) is 12.0. The number of carboxylic acid groups (broad SMARTS) is 1. The highest BCUT2D eigenvalue weighted by Crippen LogP contribution is 2.17. The lowest BCUT2D eigenvalue weighted by molar-refractivity contribution is -0.137. The summed E-state index contributed by atoms with van der Waals surface area (Å²) >= 11 is 0. The molecule has 2 atom stereocenters. The van der Waals surface area contributed by atoms with Gasteiger partial charge < -0.3 is 19.2 Å². The molecule has 0 bridgehead atoms. The van der Waals surface area contributed by atoms with E-state index in [0.717, 1.165) is 0 Å². The van der Waals surface area contributed by atoms with Crippen LogP contribution in [0.2, 0.25) is 0 Å². The molecule has 1 aliphatic rings. The zero-order chi connectivity index (χ0) is 15.4. The lowest BCUT2D eigenvalue weighted by Gasteiger charge is -2.30. The van der Waals surface area contributed by atoms with Crippen LogP contribution in [-0.4, -0.2) is 54.2 Å². The molecule has 0 saturated carbocycles. The summed E-state index contributed by atoms with van der Waals surface area (Å²) in [6.07, 6.45) is 0. The molecule has 0 aliphatic carbocycles. The second kappa shape index (κ2) is 6.73. The first-order valence-corrected chi connectivity index (χ1v) is 6.94. The van der Waals surface area contributed by atoms with Crippen LogP contribution in [0.25, 0.3) is 0 Å². The topological polar surface area (TPSA) is 92.0 Å². The van der Waals surface area contributed by atoms with Gasteiger partial charge in [0.1, 0.15) is 5.76 Å². The minimum absolute atomic E-state index is 0.00941. The molecule has 0 radical (unpaired) electrons. The first-order chi connectivity index (χ1) is 9.99. The molecule has 21 heavy (non-hydrogen) atoms. The van der Waals surface area contributed by atoms with Gasteiger partial charge in [0.25, 0.3) is 0 Å². The van der Waals surface area contributed by atoms with Gasteiger partial charge in [-0.05, 0) is 26.0 Å². The number of carboxylic acids is 1. The van der Waals surface area contributed by atoms with Crippen LogP contribution in [-0.2, 0) is 9.53 Å². The summed E-state index contributed by atoms with van der Waals surface area (Å²) in [7, 11) is 0. The van der Waals surface area contributed by atoms with E-state index < -0.39 is 5.97 Å². The summed E-state index contributed by atoms with van der Waals surface area (Å²) in [6.45, 7) is 5.94. The summed E-state index contributed by atoms with van der Waals surface area (Å²) in [5.41, 5.74) is 0. The van der Waals surface area contributed by atoms with Crippen LogP contribution in [0.15, 0.2) is 16.5 Å². The Labute approximate surface area is 122 Å². The Kier molecular flexibility index (Phi) is 4.98. The third kappa shape index (κ3) is 3.83. The number of nitrogens with one attached hydrogen (secondary N) is 1. The maximum atomic E-state index is 12.3. The number of ether oxygens (including phenoxy) is 1. The Morgan fingerprint density at radius 1 is 1.29 bits per heavy atom. The monoisotopic (exact) mass is 296 g/mol. The number of hydrogen-bond acceptors (Lipinski definition) is 5. The van der Waals surface area contributed by atoms with Gasteiger partial charge in [-0.2, -0.15) is 0 Å². The van der Waals surface area contributed by atoms with E-state index in [1.165, 1.54) is 6.07 Å². The van der Waals surface area contributed by atoms with E-state index in [0.29, 0.717) is 32.1 Å².